The minimum atomic E-state index is -0.000830. The van der Waals surface area contributed by atoms with Crippen LogP contribution in [0.4, 0.5) is 0 Å². The summed E-state index contributed by atoms with van der Waals surface area (Å²) in [5.74, 6) is 0.488. The highest BCUT2D eigenvalue weighted by molar-refractivity contribution is 5.76. The molecule has 2 heteroatoms. The lowest BCUT2D eigenvalue weighted by atomic mass is 9.61. The molecule has 0 spiro atoms. The molecule has 3 rings (SSSR count). The molecule has 0 N–H and O–H groups in total. The van der Waals surface area contributed by atoms with E-state index in [0.29, 0.717) is 5.92 Å². The normalized spacial score (nSPS) is 44.4. The van der Waals surface area contributed by atoms with Crippen LogP contribution in [0.2, 0.25) is 0 Å². The Morgan fingerprint density at radius 1 is 1.47 bits per heavy atom. The van der Waals surface area contributed by atoms with E-state index in [4.69, 9.17) is 4.74 Å². The Labute approximate surface area is 103 Å². The first-order valence-corrected chi connectivity index (χ1v) is 6.61. The van der Waals surface area contributed by atoms with Crippen molar-refractivity contribution in [3.8, 4) is 0 Å². The van der Waals surface area contributed by atoms with Crippen LogP contribution in [-0.2, 0) is 9.53 Å². The van der Waals surface area contributed by atoms with Crippen molar-refractivity contribution in [3.05, 3.63) is 23.3 Å². The average molecular weight is 232 g/mol. The van der Waals surface area contributed by atoms with Crippen molar-refractivity contribution in [3.63, 3.8) is 0 Å². The van der Waals surface area contributed by atoms with Crippen LogP contribution in [0.25, 0.3) is 0 Å². The SMILES string of the molecule is CC1=C2[C@H]3OC(=O)[C@@H](C)[C@@H]3CC[C@@]2(C)CC=C1. The van der Waals surface area contributed by atoms with Crippen molar-refractivity contribution in [1.82, 2.24) is 0 Å². The molecule has 2 nitrogen and oxygen atoms in total. The zero-order valence-corrected chi connectivity index (χ0v) is 10.8. The highest BCUT2D eigenvalue weighted by atomic mass is 16.6. The van der Waals surface area contributed by atoms with Crippen LogP contribution in [0.1, 0.15) is 40.0 Å². The Morgan fingerprint density at radius 2 is 2.24 bits per heavy atom. The Hall–Kier alpha value is -1.05. The van der Waals surface area contributed by atoms with Crippen molar-refractivity contribution >= 4 is 5.97 Å². The van der Waals surface area contributed by atoms with Gasteiger partial charge in [0.2, 0.25) is 0 Å². The molecule has 17 heavy (non-hydrogen) atoms. The van der Waals surface area contributed by atoms with Crippen LogP contribution in [0.5, 0.6) is 0 Å². The Morgan fingerprint density at radius 3 is 3.00 bits per heavy atom. The van der Waals surface area contributed by atoms with Crippen LogP contribution in [0.3, 0.4) is 0 Å². The van der Waals surface area contributed by atoms with Gasteiger partial charge in [-0.2, -0.15) is 0 Å². The summed E-state index contributed by atoms with van der Waals surface area (Å²) in [6.07, 6.45) is 7.91. The van der Waals surface area contributed by atoms with Gasteiger partial charge in [0.05, 0.1) is 5.92 Å². The third-order valence-corrected chi connectivity index (χ3v) is 4.97. The topological polar surface area (TPSA) is 26.3 Å². The number of allylic oxidation sites excluding steroid dienone is 3. The second-order valence-electron chi connectivity index (χ2n) is 6.11. The van der Waals surface area contributed by atoms with Crippen molar-refractivity contribution in [2.24, 2.45) is 17.3 Å². The lowest BCUT2D eigenvalue weighted by molar-refractivity contribution is -0.143. The predicted octanol–water partition coefficient (Wildman–Crippen LogP) is 3.24. The van der Waals surface area contributed by atoms with E-state index in [9.17, 15) is 4.79 Å². The molecule has 0 amide bonds. The minimum Gasteiger partial charge on any atom is -0.457 e. The van der Waals surface area contributed by atoms with Gasteiger partial charge in [0.15, 0.2) is 0 Å². The molecule has 2 aliphatic carbocycles. The molecule has 2 fully saturated rings. The smallest absolute Gasteiger partial charge is 0.309 e. The molecule has 1 heterocycles. The molecule has 0 aromatic rings. The third-order valence-electron chi connectivity index (χ3n) is 4.97. The highest BCUT2D eigenvalue weighted by Gasteiger charge is 2.52. The molecule has 0 aromatic heterocycles. The molecule has 1 saturated carbocycles. The van der Waals surface area contributed by atoms with Crippen LogP contribution >= 0.6 is 0 Å². The largest absolute Gasteiger partial charge is 0.457 e. The van der Waals surface area contributed by atoms with Crippen molar-refractivity contribution in [2.75, 3.05) is 0 Å². The van der Waals surface area contributed by atoms with E-state index in [1.807, 2.05) is 6.92 Å². The predicted molar refractivity (Wildman–Crippen MR) is 66.3 cm³/mol. The number of carbonyl (C=O) groups is 1. The standard InChI is InChI=1S/C15H20O2/c1-9-5-4-7-15(3)8-6-11-10(2)14(16)17-13(11)12(9)15/h4-5,10-11,13H,6-8H2,1-3H3/t10-,11-,13-,15+/m0/s1. The molecule has 4 atom stereocenters. The average Bonchev–Trinajstić information content (AvgIpc) is 2.54. The van der Waals surface area contributed by atoms with E-state index in [1.54, 1.807) is 0 Å². The third kappa shape index (κ3) is 1.42. The lowest BCUT2D eigenvalue weighted by Gasteiger charge is -2.44. The summed E-state index contributed by atoms with van der Waals surface area (Å²) >= 11 is 0. The molecular weight excluding hydrogens is 212 g/mol. The van der Waals surface area contributed by atoms with Gasteiger partial charge < -0.3 is 4.74 Å². The fourth-order valence-corrected chi connectivity index (χ4v) is 3.89. The Kier molecular flexibility index (Phi) is 2.26. The van der Waals surface area contributed by atoms with Crippen LogP contribution in [0, 0.1) is 17.3 Å². The number of hydrogen-bond acceptors (Lipinski definition) is 2. The quantitative estimate of drug-likeness (QED) is 0.599. The number of esters is 1. The van der Waals surface area contributed by atoms with E-state index in [2.05, 4.69) is 26.0 Å². The number of carbonyl (C=O) groups excluding carboxylic acids is 1. The summed E-state index contributed by atoms with van der Waals surface area (Å²) in [7, 11) is 0. The number of hydrogen-bond donors (Lipinski definition) is 0. The maximum absolute atomic E-state index is 11.8. The number of rotatable bonds is 0. The number of ether oxygens (including phenoxy) is 1. The Balaban J connectivity index is 2.06. The van der Waals surface area contributed by atoms with Gasteiger partial charge in [0, 0.05) is 5.92 Å². The van der Waals surface area contributed by atoms with Crippen molar-refractivity contribution < 1.29 is 9.53 Å². The van der Waals surface area contributed by atoms with Gasteiger partial charge in [-0.1, -0.05) is 26.0 Å². The van der Waals surface area contributed by atoms with Crippen LogP contribution < -0.4 is 0 Å². The second-order valence-corrected chi connectivity index (χ2v) is 6.11. The molecule has 92 valence electrons. The summed E-state index contributed by atoms with van der Waals surface area (Å²) in [5, 5.41) is 0. The maximum atomic E-state index is 11.8. The molecule has 0 radical (unpaired) electrons. The highest BCUT2D eigenvalue weighted by Crippen LogP contribution is 2.53. The summed E-state index contributed by atoms with van der Waals surface area (Å²) in [6, 6.07) is 0. The summed E-state index contributed by atoms with van der Waals surface area (Å²) in [4.78, 5) is 11.8. The van der Waals surface area contributed by atoms with E-state index >= 15 is 0 Å². The monoisotopic (exact) mass is 232 g/mol. The lowest BCUT2D eigenvalue weighted by Crippen LogP contribution is -2.39. The summed E-state index contributed by atoms with van der Waals surface area (Å²) < 4.78 is 5.65. The first-order valence-electron chi connectivity index (χ1n) is 6.61. The van der Waals surface area contributed by atoms with Gasteiger partial charge in [-0.25, -0.2) is 0 Å². The van der Waals surface area contributed by atoms with Crippen molar-refractivity contribution in [1.29, 1.82) is 0 Å². The van der Waals surface area contributed by atoms with Crippen LogP contribution in [-0.4, -0.2) is 12.1 Å². The van der Waals surface area contributed by atoms with Gasteiger partial charge in [-0.3, -0.25) is 4.79 Å². The molecular formula is C15H20O2. The zero-order chi connectivity index (χ0) is 12.2. The molecule has 0 aromatic carbocycles. The number of fused-ring (bicyclic) bond motifs is 3. The zero-order valence-electron chi connectivity index (χ0n) is 10.8. The van der Waals surface area contributed by atoms with Gasteiger partial charge in [-0.15, -0.1) is 0 Å². The van der Waals surface area contributed by atoms with E-state index in [0.717, 1.165) is 12.8 Å². The van der Waals surface area contributed by atoms with E-state index in [1.165, 1.54) is 17.6 Å². The van der Waals surface area contributed by atoms with E-state index < -0.39 is 0 Å². The first kappa shape index (κ1) is 11.1. The molecule has 0 unspecified atom stereocenters. The summed E-state index contributed by atoms with van der Waals surface area (Å²) in [6.45, 7) is 6.50. The fourth-order valence-electron chi connectivity index (χ4n) is 3.89. The Bertz CT molecular complexity index is 432. The molecule has 1 saturated heterocycles. The first-order chi connectivity index (χ1) is 8.03. The van der Waals surface area contributed by atoms with Gasteiger partial charge in [0.25, 0.3) is 0 Å². The minimum absolute atomic E-state index is 0.000830. The van der Waals surface area contributed by atoms with E-state index in [-0.39, 0.29) is 23.4 Å². The fraction of sp³-hybridized carbons (Fsp3) is 0.667. The molecule has 1 aliphatic heterocycles. The van der Waals surface area contributed by atoms with Crippen molar-refractivity contribution in [2.45, 2.75) is 46.1 Å². The van der Waals surface area contributed by atoms with Gasteiger partial charge in [-0.05, 0) is 42.7 Å². The molecule has 0 bridgehead atoms. The van der Waals surface area contributed by atoms with Gasteiger partial charge in [0.1, 0.15) is 6.10 Å². The van der Waals surface area contributed by atoms with Crippen LogP contribution in [0.15, 0.2) is 23.3 Å². The maximum Gasteiger partial charge on any atom is 0.309 e. The molecule has 3 aliphatic rings. The second kappa shape index (κ2) is 3.47. The van der Waals surface area contributed by atoms with Gasteiger partial charge >= 0.3 is 5.97 Å². The summed E-state index contributed by atoms with van der Waals surface area (Å²) in [5.41, 5.74) is 2.94.